The fourth-order valence-corrected chi connectivity index (χ4v) is 2.49. The number of rotatable bonds is 4. The summed E-state index contributed by atoms with van der Waals surface area (Å²) in [6.45, 7) is 0. The van der Waals surface area contributed by atoms with Crippen LogP contribution >= 0.6 is 15.9 Å². The van der Waals surface area contributed by atoms with Crippen LogP contribution in [0.15, 0.2) is 34.8 Å². The molecule has 2 atom stereocenters. The van der Waals surface area contributed by atoms with Gasteiger partial charge in [0.1, 0.15) is 11.5 Å². The Labute approximate surface area is 115 Å². The molecule has 2 rings (SSSR count). The van der Waals surface area contributed by atoms with Gasteiger partial charge in [-0.15, -0.1) is 0 Å². The van der Waals surface area contributed by atoms with Gasteiger partial charge in [0.15, 0.2) is 0 Å². The Bertz CT molecular complexity index is 485. The third-order valence-corrected chi connectivity index (χ3v) is 3.92. The first kappa shape index (κ1) is 13.3. The second kappa shape index (κ2) is 5.67. The molecule has 0 saturated heterocycles. The van der Waals surface area contributed by atoms with Gasteiger partial charge in [0.25, 0.3) is 0 Å². The van der Waals surface area contributed by atoms with E-state index in [4.69, 9.17) is 10.5 Å². The van der Waals surface area contributed by atoms with Crippen LogP contribution in [0.2, 0.25) is 0 Å². The average molecular weight is 310 g/mol. The van der Waals surface area contributed by atoms with E-state index in [1.807, 2.05) is 30.4 Å². The lowest BCUT2D eigenvalue weighted by atomic mass is 9.97. The SMILES string of the molecule is COc1ccc(Br)c(CC(=O)C2C=CC(N)C2)c1. The molecule has 0 radical (unpaired) electrons. The number of ketones is 1. The first-order valence-electron chi connectivity index (χ1n) is 5.89. The molecular formula is C14H16BrNO2. The van der Waals surface area contributed by atoms with Crippen molar-refractivity contribution < 1.29 is 9.53 Å². The first-order chi connectivity index (χ1) is 8.60. The predicted octanol–water partition coefficient (Wildman–Crippen LogP) is 2.47. The highest BCUT2D eigenvalue weighted by molar-refractivity contribution is 9.10. The molecule has 1 aliphatic rings. The van der Waals surface area contributed by atoms with E-state index in [0.29, 0.717) is 6.42 Å². The van der Waals surface area contributed by atoms with Crippen LogP contribution in [0, 0.1) is 5.92 Å². The molecule has 2 N–H and O–H groups in total. The summed E-state index contributed by atoms with van der Waals surface area (Å²) in [6.07, 6.45) is 4.95. The molecule has 1 aromatic carbocycles. The minimum Gasteiger partial charge on any atom is -0.497 e. The molecule has 4 heteroatoms. The molecule has 0 amide bonds. The maximum atomic E-state index is 12.1. The van der Waals surface area contributed by atoms with Crippen molar-refractivity contribution in [2.45, 2.75) is 18.9 Å². The lowest BCUT2D eigenvalue weighted by Gasteiger charge is -2.10. The van der Waals surface area contributed by atoms with Gasteiger partial charge in [0.2, 0.25) is 0 Å². The van der Waals surface area contributed by atoms with Gasteiger partial charge in [-0.3, -0.25) is 4.79 Å². The van der Waals surface area contributed by atoms with Crippen LogP contribution in [-0.2, 0) is 11.2 Å². The van der Waals surface area contributed by atoms with Crippen LogP contribution in [0.4, 0.5) is 0 Å². The van der Waals surface area contributed by atoms with Crippen LogP contribution in [0.1, 0.15) is 12.0 Å². The molecule has 0 saturated carbocycles. The third-order valence-electron chi connectivity index (χ3n) is 3.15. The molecule has 0 heterocycles. The van der Waals surface area contributed by atoms with Crippen molar-refractivity contribution in [3.63, 3.8) is 0 Å². The summed E-state index contributed by atoms with van der Waals surface area (Å²) in [6, 6.07) is 5.68. The molecule has 0 fully saturated rings. The van der Waals surface area contributed by atoms with Crippen molar-refractivity contribution in [2.24, 2.45) is 11.7 Å². The second-order valence-electron chi connectivity index (χ2n) is 4.49. The van der Waals surface area contributed by atoms with Crippen molar-refractivity contribution in [3.05, 3.63) is 40.4 Å². The summed E-state index contributed by atoms with van der Waals surface area (Å²) in [4.78, 5) is 12.1. The summed E-state index contributed by atoms with van der Waals surface area (Å²) in [5.74, 6) is 0.922. The molecule has 1 aliphatic carbocycles. The van der Waals surface area contributed by atoms with Crippen molar-refractivity contribution in [2.75, 3.05) is 7.11 Å². The van der Waals surface area contributed by atoms with Crippen LogP contribution in [0.5, 0.6) is 5.75 Å². The summed E-state index contributed by atoms with van der Waals surface area (Å²) in [7, 11) is 1.62. The molecule has 0 spiro atoms. The number of nitrogens with two attached hydrogens (primary N) is 1. The van der Waals surface area contributed by atoms with Gasteiger partial charge in [-0.25, -0.2) is 0 Å². The molecular weight excluding hydrogens is 294 g/mol. The number of benzene rings is 1. The Hall–Kier alpha value is -1.13. The Morgan fingerprint density at radius 2 is 2.28 bits per heavy atom. The summed E-state index contributed by atoms with van der Waals surface area (Å²) in [5.41, 5.74) is 6.72. The van der Waals surface area contributed by atoms with Crippen molar-refractivity contribution in [1.29, 1.82) is 0 Å². The van der Waals surface area contributed by atoms with Gasteiger partial charge in [-0.1, -0.05) is 28.1 Å². The number of Topliss-reactive ketones (excluding diaryl/α,β-unsaturated/α-hetero) is 1. The van der Waals surface area contributed by atoms with E-state index in [0.717, 1.165) is 22.2 Å². The highest BCUT2D eigenvalue weighted by atomic mass is 79.9. The zero-order chi connectivity index (χ0) is 13.1. The summed E-state index contributed by atoms with van der Waals surface area (Å²) in [5, 5.41) is 0. The maximum absolute atomic E-state index is 12.1. The van der Waals surface area contributed by atoms with E-state index < -0.39 is 0 Å². The van der Waals surface area contributed by atoms with Gasteiger partial charge in [0.05, 0.1) is 7.11 Å². The third kappa shape index (κ3) is 3.00. The van der Waals surface area contributed by atoms with Gasteiger partial charge in [0, 0.05) is 22.9 Å². The monoisotopic (exact) mass is 309 g/mol. The normalized spacial score (nSPS) is 22.2. The number of hydrogen-bond acceptors (Lipinski definition) is 3. The van der Waals surface area contributed by atoms with Gasteiger partial charge in [-0.05, 0) is 30.2 Å². The Morgan fingerprint density at radius 1 is 1.50 bits per heavy atom. The maximum Gasteiger partial charge on any atom is 0.144 e. The zero-order valence-corrected chi connectivity index (χ0v) is 11.8. The number of ether oxygens (including phenoxy) is 1. The largest absolute Gasteiger partial charge is 0.497 e. The Balaban J connectivity index is 2.09. The van der Waals surface area contributed by atoms with Crippen LogP contribution in [0.3, 0.4) is 0 Å². The summed E-state index contributed by atoms with van der Waals surface area (Å²) >= 11 is 3.46. The lowest BCUT2D eigenvalue weighted by Crippen LogP contribution is -2.20. The van der Waals surface area contributed by atoms with Crippen LogP contribution in [-0.4, -0.2) is 18.9 Å². The zero-order valence-electron chi connectivity index (χ0n) is 10.2. The number of carbonyl (C=O) groups excluding carboxylic acids is 1. The fourth-order valence-electron chi connectivity index (χ4n) is 2.10. The van der Waals surface area contributed by atoms with Gasteiger partial charge < -0.3 is 10.5 Å². The average Bonchev–Trinajstić information content (AvgIpc) is 2.79. The van der Waals surface area contributed by atoms with E-state index in [-0.39, 0.29) is 17.7 Å². The molecule has 0 aliphatic heterocycles. The Morgan fingerprint density at radius 3 is 2.89 bits per heavy atom. The standard InChI is InChI=1S/C14H16BrNO2/c1-18-12-4-5-13(15)10(7-12)8-14(17)9-2-3-11(16)6-9/h2-5,7,9,11H,6,8,16H2,1H3. The molecule has 0 bridgehead atoms. The first-order valence-corrected chi connectivity index (χ1v) is 6.68. The van der Waals surface area contributed by atoms with Crippen molar-refractivity contribution in [3.8, 4) is 5.75 Å². The minimum atomic E-state index is -0.0434. The van der Waals surface area contributed by atoms with E-state index in [1.54, 1.807) is 7.11 Å². The Kier molecular flexibility index (Phi) is 4.19. The highest BCUT2D eigenvalue weighted by Crippen LogP contribution is 2.25. The second-order valence-corrected chi connectivity index (χ2v) is 5.35. The van der Waals surface area contributed by atoms with E-state index in [2.05, 4.69) is 15.9 Å². The topological polar surface area (TPSA) is 52.3 Å². The quantitative estimate of drug-likeness (QED) is 0.869. The number of methoxy groups -OCH3 is 1. The summed E-state index contributed by atoms with van der Waals surface area (Å²) < 4.78 is 6.10. The van der Waals surface area contributed by atoms with Crippen LogP contribution in [0.25, 0.3) is 0 Å². The molecule has 96 valence electrons. The lowest BCUT2D eigenvalue weighted by molar-refractivity contribution is -0.120. The van der Waals surface area contributed by atoms with Crippen molar-refractivity contribution in [1.82, 2.24) is 0 Å². The van der Waals surface area contributed by atoms with Gasteiger partial charge >= 0.3 is 0 Å². The minimum absolute atomic E-state index is 0.0210. The molecule has 2 unspecified atom stereocenters. The van der Waals surface area contributed by atoms with E-state index >= 15 is 0 Å². The highest BCUT2D eigenvalue weighted by Gasteiger charge is 2.23. The number of halogens is 1. The smallest absolute Gasteiger partial charge is 0.144 e. The van der Waals surface area contributed by atoms with E-state index in [1.165, 1.54) is 0 Å². The molecule has 1 aromatic rings. The van der Waals surface area contributed by atoms with Crippen LogP contribution < -0.4 is 10.5 Å². The molecule has 0 aromatic heterocycles. The molecule has 18 heavy (non-hydrogen) atoms. The van der Waals surface area contributed by atoms with Crippen molar-refractivity contribution >= 4 is 21.7 Å². The van der Waals surface area contributed by atoms with E-state index in [9.17, 15) is 4.79 Å². The number of allylic oxidation sites excluding steroid dienone is 1. The number of hydrogen-bond donors (Lipinski definition) is 1. The van der Waals surface area contributed by atoms with Gasteiger partial charge in [-0.2, -0.15) is 0 Å². The molecule has 3 nitrogen and oxygen atoms in total. The fraction of sp³-hybridized carbons (Fsp3) is 0.357. The number of carbonyl (C=O) groups is 1. The predicted molar refractivity (Wildman–Crippen MR) is 74.6 cm³/mol.